The highest BCUT2D eigenvalue weighted by Gasteiger charge is 2.21. The Morgan fingerprint density at radius 1 is 0.897 bits per heavy atom. The standard InChI is InChI=1S/C31H37FN2O5/c1-7-28(21(2)18-34(3)4)33-31(35)26-16-29(38-19-22-8-12-24(36-5)13-9-22)30(17-27(26)32)39-20-23-10-14-25(37-6)15-11-23/h8-18,28H,7,19-20H2,1-6H3,(H,33,35)/b21-18+/t28-/m1/s1. The molecule has 0 bridgehead atoms. The molecule has 0 fully saturated rings. The van der Waals surface area contributed by atoms with Crippen LogP contribution in [0.1, 0.15) is 41.8 Å². The monoisotopic (exact) mass is 536 g/mol. The predicted molar refractivity (Wildman–Crippen MR) is 150 cm³/mol. The summed E-state index contributed by atoms with van der Waals surface area (Å²) in [5, 5.41) is 2.93. The third-order valence-electron chi connectivity index (χ3n) is 6.11. The zero-order valence-electron chi connectivity index (χ0n) is 23.4. The van der Waals surface area contributed by atoms with Crippen LogP contribution in [0.2, 0.25) is 0 Å². The number of amides is 1. The Hall–Kier alpha value is -4.20. The minimum atomic E-state index is -0.696. The Balaban J connectivity index is 1.86. The fraction of sp³-hybridized carbons (Fsp3) is 0.323. The molecular weight excluding hydrogens is 499 g/mol. The van der Waals surface area contributed by atoms with Crippen LogP contribution in [0.3, 0.4) is 0 Å². The topological polar surface area (TPSA) is 69.3 Å². The number of nitrogens with zero attached hydrogens (tertiary/aromatic N) is 1. The van der Waals surface area contributed by atoms with Gasteiger partial charge in [0.15, 0.2) is 11.5 Å². The van der Waals surface area contributed by atoms with Crippen molar-refractivity contribution >= 4 is 5.91 Å². The van der Waals surface area contributed by atoms with Gasteiger partial charge < -0.3 is 29.2 Å². The van der Waals surface area contributed by atoms with E-state index in [1.54, 1.807) is 14.2 Å². The molecule has 39 heavy (non-hydrogen) atoms. The number of carbonyl (C=O) groups is 1. The molecule has 0 aliphatic carbocycles. The number of benzene rings is 3. The molecule has 1 N–H and O–H groups in total. The summed E-state index contributed by atoms with van der Waals surface area (Å²) in [5.74, 6) is 0.695. The van der Waals surface area contributed by atoms with E-state index in [1.165, 1.54) is 12.1 Å². The van der Waals surface area contributed by atoms with Gasteiger partial charge in [0, 0.05) is 20.2 Å². The van der Waals surface area contributed by atoms with Gasteiger partial charge in [-0.25, -0.2) is 4.39 Å². The number of carbonyl (C=O) groups excluding carboxylic acids is 1. The highest BCUT2D eigenvalue weighted by molar-refractivity contribution is 5.95. The van der Waals surface area contributed by atoms with Crippen LogP contribution in [-0.2, 0) is 13.2 Å². The first-order chi connectivity index (χ1) is 18.7. The van der Waals surface area contributed by atoms with E-state index in [4.69, 9.17) is 18.9 Å². The summed E-state index contributed by atoms with van der Waals surface area (Å²) in [6.45, 7) is 4.27. The molecule has 0 radical (unpaired) electrons. The van der Waals surface area contributed by atoms with Gasteiger partial charge in [0.1, 0.15) is 30.5 Å². The van der Waals surface area contributed by atoms with Crippen LogP contribution in [0, 0.1) is 5.82 Å². The van der Waals surface area contributed by atoms with E-state index in [9.17, 15) is 4.79 Å². The average Bonchev–Trinajstić information content (AvgIpc) is 2.94. The predicted octanol–water partition coefficient (Wildman–Crippen LogP) is 5.97. The fourth-order valence-electron chi connectivity index (χ4n) is 3.97. The van der Waals surface area contributed by atoms with Gasteiger partial charge >= 0.3 is 0 Å². The van der Waals surface area contributed by atoms with Crippen molar-refractivity contribution in [3.05, 3.63) is 94.9 Å². The van der Waals surface area contributed by atoms with Crippen molar-refractivity contribution in [3.8, 4) is 23.0 Å². The van der Waals surface area contributed by atoms with E-state index in [-0.39, 0.29) is 36.3 Å². The van der Waals surface area contributed by atoms with Crippen LogP contribution in [0.15, 0.2) is 72.4 Å². The van der Waals surface area contributed by atoms with Gasteiger partial charge in [0.05, 0.1) is 25.8 Å². The molecule has 0 saturated carbocycles. The van der Waals surface area contributed by atoms with E-state index in [0.717, 1.165) is 28.2 Å². The SMILES string of the molecule is CC[C@@H](NC(=O)c1cc(OCc2ccc(OC)cc2)c(OCc2ccc(OC)cc2)cc1F)/C(C)=C/N(C)C. The van der Waals surface area contributed by atoms with Crippen molar-refractivity contribution in [1.29, 1.82) is 0 Å². The first kappa shape index (κ1) is 29.4. The van der Waals surface area contributed by atoms with Gasteiger partial charge in [-0.1, -0.05) is 31.2 Å². The molecule has 3 rings (SSSR count). The maximum Gasteiger partial charge on any atom is 0.254 e. The van der Waals surface area contributed by atoms with Crippen molar-refractivity contribution < 1.29 is 28.1 Å². The van der Waals surface area contributed by atoms with Crippen molar-refractivity contribution in [1.82, 2.24) is 10.2 Å². The number of rotatable bonds is 13. The third-order valence-corrected chi connectivity index (χ3v) is 6.11. The molecule has 8 heteroatoms. The molecule has 0 aliphatic rings. The summed E-state index contributed by atoms with van der Waals surface area (Å²) >= 11 is 0. The molecule has 0 spiro atoms. The van der Waals surface area contributed by atoms with Crippen molar-refractivity contribution in [2.45, 2.75) is 39.5 Å². The Kier molecular flexibility index (Phi) is 10.6. The second-order valence-electron chi connectivity index (χ2n) is 9.32. The number of hydrogen-bond acceptors (Lipinski definition) is 6. The summed E-state index contributed by atoms with van der Waals surface area (Å²) in [7, 11) is 7.02. The molecule has 1 atom stereocenters. The Bertz CT molecular complexity index is 1260. The molecule has 3 aromatic carbocycles. The minimum Gasteiger partial charge on any atom is -0.497 e. The van der Waals surface area contributed by atoms with Crippen molar-refractivity contribution in [3.63, 3.8) is 0 Å². The third kappa shape index (κ3) is 8.40. The Morgan fingerprint density at radius 2 is 1.38 bits per heavy atom. The molecule has 1 amide bonds. The van der Waals surface area contributed by atoms with Gasteiger partial charge in [-0.05, 0) is 66.6 Å². The minimum absolute atomic E-state index is 0.118. The highest BCUT2D eigenvalue weighted by Crippen LogP contribution is 2.32. The number of nitrogens with one attached hydrogen (secondary N) is 1. The largest absolute Gasteiger partial charge is 0.497 e. The first-order valence-electron chi connectivity index (χ1n) is 12.7. The van der Waals surface area contributed by atoms with E-state index >= 15 is 4.39 Å². The number of ether oxygens (including phenoxy) is 4. The van der Waals surface area contributed by atoms with E-state index in [0.29, 0.717) is 6.42 Å². The first-order valence-corrected chi connectivity index (χ1v) is 12.7. The van der Waals surface area contributed by atoms with Crippen LogP contribution < -0.4 is 24.3 Å². The average molecular weight is 537 g/mol. The number of methoxy groups -OCH3 is 2. The normalized spacial score (nSPS) is 11.9. The van der Waals surface area contributed by atoms with Gasteiger partial charge in [-0.2, -0.15) is 0 Å². The lowest BCUT2D eigenvalue weighted by Gasteiger charge is -2.21. The molecule has 7 nitrogen and oxygen atoms in total. The molecule has 3 aromatic rings. The molecule has 0 aliphatic heterocycles. The Morgan fingerprint density at radius 3 is 1.82 bits per heavy atom. The van der Waals surface area contributed by atoms with Crippen LogP contribution in [-0.4, -0.2) is 45.2 Å². The fourth-order valence-corrected chi connectivity index (χ4v) is 3.97. The summed E-state index contributed by atoms with van der Waals surface area (Å²) in [5.41, 5.74) is 2.59. The van der Waals surface area contributed by atoms with Crippen LogP contribution in [0.25, 0.3) is 0 Å². The lowest BCUT2D eigenvalue weighted by Crippen LogP contribution is -2.36. The maximum absolute atomic E-state index is 15.3. The summed E-state index contributed by atoms with van der Waals surface area (Å²) in [6, 6.07) is 17.1. The van der Waals surface area contributed by atoms with Crippen LogP contribution in [0.5, 0.6) is 23.0 Å². The molecule has 0 aromatic heterocycles. The van der Waals surface area contributed by atoms with Gasteiger partial charge in [-0.15, -0.1) is 0 Å². The molecule has 0 saturated heterocycles. The van der Waals surface area contributed by atoms with Gasteiger partial charge in [0.2, 0.25) is 0 Å². The highest BCUT2D eigenvalue weighted by atomic mass is 19.1. The van der Waals surface area contributed by atoms with E-state index in [1.807, 2.05) is 87.6 Å². The van der Waals surface area contributed by atoms with Crippen molar-refractivity contribution in [2.24, 2.45) is 0 Å². The van der Waals surface area contributed by atoms with Crippen LogP contribution >= 0.6 is 0 Å². The molecule has 0 heterocycles. The second-order valence-corrected chi connectivity index (χ2v) is 9.32. The second kappa shape index (κ2) is 14.1. The lowest BCUT2D eigenvalue weighted by molar-refractivity contribution is 0.0936. The molecule has 208 valence electrons. The molecular formula is C31H37FN2O5. The van der Waals surface area contributed by atoms with E-state index < -0.39 is 11.7 Å². The summed E-state index contributed by atoms with van der Waals surface area (Å²) in [4.78, 5) is 15.1. The smallest absolute Gasteiger partial charge is 0.254 e. The van der Waals surface area contributed by atoms with Crippen LogP contribution in [0.4, 0.5) is 4.39 Å². The maximum atomic E-state index is 15.3. The number of hydrogen-bond donors (Lipinski definition) is 1. The number of halogens is 1. The quantitative estimate of drug-likeness (QED) is 0.290. The van der Waals surface area contributed by atoms with E-state index in [2.05, 4.69) is 5.32 Å². The van der Waals surface area contributed by atoms with Gasteiger partial charge in [0.25, 0.3) is 5.91 Å². The lowest BCUT2D eigenvalue weighted by atomic mass is 10.1. The summed E-state index contributed by atoms with van der Waals surface area (Å²) < 4.78 is 37.7. The zero-order chi connectivity index (χ0) is 28.4. The zero-order valence-corrected chi connectivity index (χ0v) is 23.4. The molecule has 0 unspecified atom stereocenters. The Labute approximate surface area is 230 Å². The summed E-state index contributed by atoms with van der Waals surface area (Å²) in [6.07, 6.45) is 2.59. The van der Waals surface area contributed by atoms with Gasteiger partial charge in [-0.3, -0.25) is 4.79 Å². The van der Waals surface area contributed by atoms with Crippen molar-refractivity contribution in [2.75, 3.05) is 28.3 Å².